The number of benzene rings is 1. The van der Waals surface area contributed by atoms with Gasteiger partial charge in [-0.2, -0.15) is 0 Å². The maximum atomic E-state index is 13.4. The maximum absolute atomic E-state index is 13.4. The second-order valence-corrected chi connectivity index (χ2v) is 5.11. The van der Waals surface area contributed by atoms with Gasteiger partial charge in [0.1, 0.15) is 17.2 Å². The van der Waals surface area contributed by atoms with Gasteiger partial charge in [0.25, 0.3) is 0 Å². The monoisotopic (exact) mass is 305 g/mol. The van der Waals surface area contributed by atoms with Gasteiger partial charge in [0.15, 0.2) is 5.65 Å². The van der Waals surface area contributed by atoms with Crippen LogP contribution in [0.3, 0.4) is 0 Å². The Balaban J connectivity index is 2.20. The number of pyridine rings is 1. The van der Waals surface area contributed by atoms with Gasteiger partial charge in [-0.05, 0) is 24.6 Å². The molecule has 4 nitrogen and oxygen atoms in total. The van der Waals surface area contributed by atoms with Crippen LogP contribution < -0.4 is 0 Å². The molecule has 6 heteroatoms. The average molecular weight is 306 g/mol. The molecule has 0 saturated carbocycles. The predicted octanol–water partition coefficient (Wildman–Crippen LogP) is 3.27. The molecule has 0 spiro atoms. The van der Waals surface area contributed by atoms with E-state index in [0.717, 1.165) is 0 Å². The number of aliphatic hydroxyl groups is 1. The van der Waals surface area contributed by atoms with E-state index in [-0.39, 0.29) is 12.4 Å². The number of halogens is 2. The fourth-order valence-corrected chi connectivity index (χ4v) is 2.43. The number of hydrogen-bond donors (Lipinski definition) is 1. The zero-order valence-electron chi connectivity index (χ0n) is 11.1. The van der Waals surface area contributed by atoms with E-state index in [1.165, 1.54) is 12.1 Å². The molecule has 0 saturated heterocycles. The van der Waals surface area contributed by atoms with Crippen LogP contribution in [0.4, 0.5) is 4.39 Å². The molecule has 0 aliphatic rings. The summed E-state index contributed by atoms with van der Waals surface area (Å²) < 4.78 is 15.3. The molecule has 0 amide bonds. The number of rotatable bonds is 4. The lowest BCUT2D eigenvalue weighted by Crippen LogP contribution is -2.03. The van der Waals surface area contributed by atoms with Crippen LogP contribution in [-0.2, 0) is 6.54 Å². The number of imidazole rings is 1. The van der Waals surface area contributed by atoms with E-state index in [1.807, 2.05) is 4.57 Å². The Morgan fingerprint density at radius 2 is 2.14 bits per heavy atom. The molecule has 0 atom stereocenters. The van der Waals surface area contributed by atoms with Crippen LogP contribution >= 0.6 is 11.6 Å². The SMILES string of the molecule is OCCCn1c(-c2cccc(F)c2)nc2cc(Cl)cnc21. The number of hydrogen-bond acceptors (Lipinski definition) is 3. The third-order valence-electron chi connectivity index (χ3n) is 3.17. The van der Waals surface area contributed by atoms with E-state index in [1.54, 1.807) is 24.4 Å². The average Bonchev–Trinajstić information content (AvgIpc) is 2.82. The topological polar surface area (TPSA) is 50.9 Å². The molecule has 3 rings (SSSR count). The Kier molecular flexibility index (Phi) is 3.86. The lowest BCUT2D eigenvalue weighted by atomic mass is 10.2. The molecule has 108 valence electrons. The van der Waals surface area contributed by atoms with Crippen molar-refractivity contribution in [3.8, 4) is 11.4 Å². The molecular weight excluding hydrogens is 293 g/mol. The number of nitrogens with zero attached hydrogens (tertiary/aromatic N) is 3. The quantitative estimate of drug-likeness (QED) is 0.805. The predicted molar refractivity (Wildman–Crippen MR) is 79.6 cm³/mol. The molecule has 2 heterocycles. The minimum Gasteiger partial charge on any atom is -0.396 e. The minimum absolute atomic E-state index is 0.0653. The van der Waals surface area contributed by atoms with Gasteiger partial charge < -0.3 is 9.67 Å². The van der Waals surface area contributed by atoms with Gasteiger partial charge in [-0.3, -0.25) is 0 Å². The van der Waals surface area contributed by atoms with E-state index < -0.39 is 0 Å². The molecule has 0 fully saturated rings. The van der Waals surface area contributed by atoms with E-state index in [9.17, 15) is 4.39 Å². The van der Waals surface area contributed by atoms with Crippen molar-refractivity contribution in [2.24, 2.45) is 0 Å². The van der Waals surface area contributed by atoms with Gasteiger partial charge in [0, 0.05) is 24.9 Å². The van der Waals surface area contributed by atoms with Crippen molar-refractivity contribution < 1.29 is 9.50 Å². The normalized spacial score (nSPS) is 11.2. The summed E-state index contributed by atoms with van der Waals surface area (Å²) in [4.78, 5) is 8.80. The highest BCUT2D eigenvalue weighted by atomic mass is 35.5. The highest BCUT2D eigenvalue weighted by Crippen LogP contribution is 2.26. The highest BCUT2D eigenvalue weighted by molar-refractivity contribution is 6.31. The second-order valence-electron chi connectivity index (χ2n) is 4.67. The third-order valence-corrected chi connectivity index (χ3v) is 3.38. The maximum Gasteiger partial charge on any atom is 0.160 e. The minimum atomic E-state index is -0.320. The zero-order valence-corrected chi connectivity index (χ0v) is 11.9. The summed E-state index contributed by atoms with van der Waals surface area (Å²) in [7, 11) is 0. The Morgan fingerprint density at radius 3 is 2.90 bits per heavy atom. The summed E-state index contributed by atoms with van der Waals surface area (Å²) in [6.45, 7) is 0.614. The van der Waals surface area contributed by atoms with Crippen molar-refractivity contribution >= 4 is 22.8 Å². The van der Waals surface area contributed by atoms with Crippen LogP contribution in [0, 0.1) is 5.82 Å². The lowest BCUT2D eigenvalue weighted by molar-refractivity contribution is 0.280. The van der Waals surface area contributed by atoms with E-state index >= 15 is 0 Å². The second kappa shape index (κ2) is 5.79. The van der Waals surface area contributed by atoms with Gasteiger partial charge in [-0.25, -0.2) is 14.4 Å². The van der Waals surface area contributed by atoms with Crippen molar-refractivity contribution in [3.05, 3.63) is 47.4 Å². The number of aromatic nitrogens is 3. The Hall–Kier alpha value is -1.98. The number of aryl methyl sites for hydroxylation is 1. The van der Waals surface area contributed by atoms with Crippen LogP contribution in [0.25, 0.3) is 22.6 Å². The summed E-state index contributed by atoms with van der Waals surface area (Å²) in [5.74, 6) is 0.298. The summed E-state index contributed by atoms with van der Waals surface area (Å²) >= 11 is 5.94. The molecule has 0 bridgehead atoms. The van der Waals surface area contributed by atoms with Crippen LogP contribution in [0.15, 0.2) is 36.5 Å². The summed E-state index contributed by atoms with van der Waals surface area (Å²) in [6, 6.07) is 7.97. The first-order chi connectivity index (χ1) is 10.2. The van der Waals surface area contributed by atoms with Gasteiger partial charge >= 0.3 is 0 Å². The Morgan fingerprint density at radius 1 is 1.29 bits per heavy atom. The molecule has 21 heavy (non-hydrogen) atoms. The molecule has 0 unspecified atom stereocenters. The van der Waals surface area contributed by atoms with Gasteiger partial charge in [-0.15, -0.1) is 0 Å². The van der Waals surface area contributed by atoms with Crippen molar-refractivity contribution in [3.63, 3.8) is 0 Å². The van der Waals surface area contributed by atoms with E-state index in [0.29, 0.717) is 40.5 Å². The molecule has 1 N–H and O–H groups in total. The van der Waals surface area contributed by atoms with Gasteiger partial charge in [0.05, 0.1) is 5.02 Å². The van der Waals surface area contributed by atoms with E-state index in [2.05, 4.69) is 9.97 Å². The molecule has 0 radical (unpaired) electrons. The lowest BCUT2D eigenvalue weighted by Gasteiger charge is -2.07. The zero-order chi connectivity index (χ0) is 14.8. The van der Waals surface area contributed by atoms with Crippen molar-refractivity contribution in [1.82, 2.24) is 14.5 Å². The molecular formula is C15H13ClFN3O. The first-order valence-corrected chi connectivity index (χ1v) is 6.95. The Labute approximate surface area is 125 Å². The summed E-state index contributed by atoms with van der Waals surface area (Å²) in [5, 5.41) is 9.55. The van der Waals surface area contributed by atoms with Crippen LogP contribution in [0.2, 0.25) is 5.02 Å². The molecule has 1 aromatic carbocycles. The van der Waals surface area contributed by atoms with E-state index in [4.69, 9.17) is 16.7 Å². The van der Waals surface area contributed by atoms with Crippen LogP contribution in [0.5, 0.6) is 0 Å². The molecule has 2 aromatic heterocycles. The number of aliphatic hydroxyl groups excluding tert-OH is 1. The van der Waals surface area contributed by atoms with Crippen molar-refractivity contribution in [1.29, 1.82) is 0 Å². The molecule has 3 aromatic rings. The van der Waals surface area contributed by atoms with Crippen molar-refractivity contribution in [2.75, 3.05) is 6.61 Å². The molecule has 0 aliphatic carbocycles. The third kappa shape index (κ3) is 2.75. The Bertz CT molecular complexity index is 788. The molecule has 0 aliphatic heterocycles. The summed E-state index contributed by atoms with van der Waals surface area (Å²) in [6.07, 6.45) is 2.12. The van der Waals surface area contributed by atoms with Gasteiger partial charge in [-0.1, -0.05) is 23.7 Å². The first kappa shape index (κ1) is 14.0. The standard InChI is InChI=1S/C15H13ClFN3O/c16-11-8-13-15(18-9-11)20(5-2-6-21)14(19-13)10-3-1-4-12(17)7-10/h1,3-4,7-9,21H,2,5-6H2. The summed E-state index contributed by atoms with van der Waals surface area (Å²) in [5.41, 5.74) is 1.99. The highest BCUT2D eigenvalue weighted by Gasteiger charge is 2.14. The van der Waals surface area contributed by atoms with Crippen LogP contribution in [-0.4, -0.2) is 26.2 Å². The van der Waals surface area contributed by atoms with Crippen LogP contribution in [0.1, 0.15) is 6.42 Å². The fourth-order valence-electron chi connectivity index (χ4n) is 2.27. The largest absolute Gasteiger partial charge is 0.396 e. The smallest absolute Gasteiger partial charge is 0.160 e. The van der Waals surface area contributed by atoms with Gasteiger partial charge in [0.2, 0.25) is 0 Å². The first-order valence-electron chi connectivity index (χ1n) is 6.57. The number of fused-ring (bicyclic) bond motifs is 1. The van der Waals surface area contributed by atoms with Crippen molar-refractivity contribution in [2.45, 2.75) is 13.0 Å². The fraction of sp³-hybridized carbons (Fsp3) is 0.200.